The molecule has 20 rings (SSSR count). The second-order valence-electron chi connectivity index (χ2n) is 43.5. The van der Waals surface area contributed by atoms with Crippen LogP contribution >= 0.6 is 0 Å². The standard InChI is InChI=1S/C23H32O6.2C21H30O6.C20H28O6.C15H22O4/c1-4-11(3)20(24)27-18-15-9-14-16(21(25)28-19(14)18)17(15)22(26)29-23(5-2)10-12-6-7-13(23)8-12;1-4-11(2)18(22)25-16-13-10-12-14(19(23)26-17(12)16)15(13)20(24)27-21(3)8-6-5-7-9-21;1-4-11(3)18(22)25-16-13-10-12-14(19(23)26-17(12)16)15(13)20(24)27-21(5-2)8-6-7-9-21;1-4-10(2)17(21)24-15-12-9-11-13(18(22)25-16(11)15)14(12)19(23)26-20(3)7-5-6-8-20;1-3-9(2)13(16)19-12-7-10-6-11(12)15(8-10)4-5-18-14(15)17/h11-19H,4-10H2,1-3H3;2*11-17H,4-10H2,1-3H3;10-16H,4-9H2,1-3H3;9-12H,3-8H2,1-2H3. The fourth-order valence-corrected chi connectivity index (χ4v) is 28.1. The molecule has 20 fully saturated rings. The molecule has 0 N–H and O–H groups in total. The molecule has 28 heteroatoms. The Morgan fingerprint density at radius 3 is 1.02 bits per heavy atom. The zero-order valence-corrected chi connectivity index (χ0v) is 77.9. The summed E-state index contributed by atoms with van der Waals surface area (Å²) in [4.78, 5) is 176. The van der Waals surface area contributed by atoms with Crippen molar-refractivity contribution < 1.29 is 133 Å². The molecule has 5 aliphatic heterocycles. The monoisotopic (exact) mass is 1790 g/mol. The van der Waals surface area contributed by atoms with E-state index in [0.29, 0.717) is 75.7 Å². The van der Waals surface area contributed by atoms with Crippen molar-refractivity contribution in [3.05, 3.63) is 0 Å². The number of fused-ring (bicyclic) bond motifs is 9. The van der Waals surface area contributed by atoms with Crippen LogP contribution < -0.4 is 0 Å². The van der Waals surface area contributed by atoms with Gasteiger partial charge in [0.15, 0.2) is 0 Å². The fraction of sp³-hybridized carbons (Fsp3) is 0.860. The molecule has 5 saturated heterocycles. The van der Waals surface area contributed by atoms with Gasteiger partial charge >= 0.3 is 83.6 Å². The van der Waals surface area contributed by atoms with Crippen LogP contribution in [0.5, 0.6) is 0 Å². The van der Waals surface area contributed by atoms with E-state index in [0.717, 1.165) is 141 Å². The summed E-state index contributed by atoms with van der Waals surface area (Å²) in [6.45, 7) is 27.6. The summed E-state index contributed by atoms with van der Waals surface area (Å²) >= 11 is 0. The van der Waals surface area contributed by atoms with Crippen molar-refractivity contribution in [2.24, 2.45) is 153 Å². The molecular weight excluding hydrogens is 1650 g/mol. The molecule has 0 aromatic carbocycles. The van der Waals surface area contributed by atoms with E-state index in [1.165, 1.54) is 12.8 Å². The van der Waals surface area contributed by atoms with Gasteiger partial charge in [-0.25, -0.2) is 0 Å². The maximum absolute atomic E-state index is 13.4. The van der Waals surface area contributed by atoms with Crippen molar-refractivity contribution in [3.8, 4) is 0 Å². The van der Waals surface area contributed by atoms with Gasteiger partial charge in [-0.15, -0.1) is 0 Å². The highest BCUT2D eigenvalue weighted by atomic mass is 16.6. The molecule has 0 amide bonds. The van der Waals surface area contributed by atoms with Gasteiger partial charge in [-0.1, -0.05) is 89.5 Å². The molecule has 0 aromatic heterocycles. The smallest absolute Gasteiger partial charge is 0.312 e. The number of hydrogen-bond donors (Lipinski definition) is 0. The summed E-state index contributed by atoms with van der Waals surface area (Å²) in [6, 6.07) is 0. The number of cyclic esters (lactones) is 1. The first-order chi connectivity index (χ1) is 61.0. The Bertz CT molecular complexity index is 4250. The van der Waals surface area contributed by atoms with Gasteiger partial charge in [0.1, 0.15) is 77.3 Å². The average Bonchev–Trinajstić information content (AvgIpc) is 1.56. The van der Waals surface area contributed by atoms with Crippen LogP contribution in [0.2, 0.25) is 0 Å². The van der Waals surface area contributed by atoms with E-state index in [2.05, 4.69) is 13.8 Å². The van der Waals surface area contributed by atoms with Crippen LogP contribution in [0.3, 0.4) is 0 Å². The molecular formula is C100H142O28. The number of ether oxygens (including phenoxy) is 14. The van der Waals surface area contributed by atoms with E-state index in [-0.39, 0.29) is 189 Å². The van der Waals surface area contributed by atoms with E-state index >= 15 is 0 Å². The number of esters is 14. The van der Waals surface area contributed by atoms with Gasteiger partial charge in [0.2, 0.25) is 0 Å². The van der Waals surface area contributed by atoms with Crippen molar-refractivity contribution in [2.45, 2.75) is 380 Å². The van der Waals surface area contributed by atoms with E-state index in [9.17, 15) is 67.1 Å². The summed E-state index contributed by atoms with van der Waals surface area (Å²) in [6.07, 6.45) is 25.2. The summed E-state index contributed by atoms with van der Waals surface area (Å²) in [7, 11) is 0. The minimum atomic E-state index is -0.547. The summed E-state index contributed by atoms with van der Waals surface area (Å²) < 4.78 is 80.2. The van der Waals surface area contributed by atoms with Crippen molar-refractivity contribution in [1.82, 2.24) is 0 Å². The zero-order chi connectivity index (χ0) is 91.4. The highest BCUT2D eigenvalue weighted by Gasteiger charge is 2.76. The van der Waals surface area contributed by atoms with Crippen molar-refractivity contribution >= 4 is 83.6 Å². The predicted molar refractivity (Wildman–Crippen MR) is 452 cm³/mol. The predicted octanol–water partition coefficient (Wildman–Crippen LogP) is 14.2. The Morgan fingerprint density at radius 2 is 0.703 bits per heavy atom. The van der Waals surface area contributed by atoms with Crippen LogP contribution in [0.1, 0.15) is 302 Å². The molecule has 36 atom stereocenters. The first kappa shape index (κ1) is 93.8. The van der Waals surface area contributed by atoms with Crippen LogP contribution in [0.25, 0.3) is 0 Å². The van der Waals surface area contributed by atoms with Crippen LogP contribution in [0.15, 0.2) is 0 Å². The maximum atomic E-state index is 13.4. The molecule has 15 aliphatic carbocycles. The van der Waals surface area contributed by atoms with Crippen LogP contribution in [0, 0.1) is 153 Å². The van der Waals surface area contributed by atoms with Crippen LogP contribution in [-0.2, 0) is 133 Å². The fourth-order valence-electron chi connectivity index (χ4n) is 28.1. The Labute approximate surface area is 753 Å². The van der Waals surface area contributed by atoms with Gasteiger partial charge in [-0.2, -0.15) is 0 Å². The zero-order valence-electron chi connectivity index (χ0n) is 77.9. The molecule has 12 bridgehead atoms. The van der Waals surface area contributed by atoms with Gasteiger partial charge < -0.3 is 66.3 Å². The largest absolute Gasteiger partial charge is 0.465 e. The third kappa shape index (κ3) is 16.8. The van der Waals surface area contributed by atoms with Crippen molar-refractivity contribution in [2.75, 3.05) is 6.61 Å². The maximum Gasteiger partial charge on any atom is 0.312 e. The molecule has 28 nitrogen and oxygen atoms in total. The van der Waals surface area contributed by atoms with Gasteiger partial charge in [0.25, 0.3) is 0 Å². The lowest BCUT2D eigenvalue weighted by molar-refractivity contribution is -0.181. The van der Waals surface area contributed by atoms with E-state index in [1.54, 1.807) is 0 Å². The topological polar surface area (TPSA) is 368 Å². The second kappa shape index (κ2) is 36.9. The highest BCUT2D eigenvalue weighted by molar-refractivity contribution is 5.90. The molecule has 0 radical (unpaired) electrons. The third-order valence-corrected chi connectivity index (χ3v) is 36.3. The second-order valence-corrected chi connectivity index (χ2v) is 43.5. The van der Waals surface area contributed by atoms with Gasteiger partial charge in [0.05, 0.1) is 89.0 Å². The minimum absolute atomic E-state index is 0.0302. The number of hydrogen-bond acceptors (Lipinski definition) is 28. The number of rotatable bonds is 25. The van der Waals surface area contributed by atoms with Gasteiger partial charge in [0, 0.05) is 53.3 Å². The molecule has 20 aliphatic rings. The van der Waals surface area contributed by atoms with E-state index < -0.39 is 107 Å². The summed E-state index contributed by atoms with van der Waals surface area (Å²) in [5, 5.41) is 0. The highest BCUT2D eigenvalue weighted by Crippen LogP contribution is 2.66. The van der Waals surface area contributed by atoms with Crippen molar-refractivity contribution in [3.63, 3.8) is 0 Å². The Kier molecular flexibility index (Phi) is 27.0. The molecule has 1 spiro atoms. The lowest BCUT2D eigenvalue weighted by Crippen LogP contribution is -2.47. The molecule has 36 unspecified atom stereocenters. The minimum Gasteiger partial charge on any atom is -0.465 e. The van der Waals surface area contributed by atoms with Crippen LogP contribution in [0.4, 0.5) is 0 Å². The van der Waals surface area contributed by atoms with Gasteiger partial charge in [-0.05, 0) is 231 Å². The molecule has 0 aromatic rings. The van der Waals surface area contributed by atoms with E-state index in [1.807, 2.05) is 83.1 Å². The molecule has 5 heterocycles. The normalized spacial score (nSPS) is 41.8. The summed E-state index contributed by atoms with van der Waals surface area (Å²) in [5.41, 5.74) is -1.95. The van der Waals surface area contributed by atoms with Gasteiger partial charge in [-0.3, -0.25) is 67.1 Å². The van der Waals surface area contributed by atoms with Crippen LogP contribution in [-0.4, -0.2) is 168 Å². The Hall–Kier alpha value is -7.42. The molecule has 128 heavy (non-hydrogen) atoms. The third-order valence-electron chi connectivity index (χ3n) is 36.3. The molecule has 710 valence electrons. The first-order valence-corrected chi connectivity index (χ1v) is 50.0. The Morgan fingerprint density at radius 1 is 0.359 bits per heavy atom. The lowest BCUT2D eigenvalue weighted by atomic mass is 9.71. The SMILES string of the molecule is CCC(C)C(=O)OC1C2CC3C1OC(=O)C3C2C(=O)OC1(C)CCCC1.CCC(C)C(=O)OC1C2CC3C1OC(=O)C3C2C(=O)OC1(C)CCCCC1.CCC(C)C(=O)OC1C2CC3C1OC(=O)C3C2C(=O)OC1(CC)CC2CCC1C2.CCC(C)C(=O)OC1C2CC3C1OC(=O)C3C2C(=O)OC1(CC)CCCC1.CCC(C)C(=O)OC1CC2CC1C1(CCOC1=O)C2. The number of carbonyl (C=O) groups is 14. The molecule has 15 saturated carbocycles. The lowest BCUT2D eigenvalue weighted by Gasteiger charge is -2.39. The summed E-state index contributed by atoms with van der Waals surface area (Å²) in [5.74, 6) is -7.48. The quantitative estimate of drug-likeness (QED) is 0.0605. The number of carbonyl (C=O) groups excluding carboxylic acids is 14. The first-order valence-electron chi connectivity index (χ1n) is 50.0. The van der Waals surface area contributed by atoms with E-state index in [4.69, 9.17) is 66.3 Å². The van der Waals surface area contributed by atoms with Crippen molar-refractivity contribution in [1.29, 1.82) is 0 Å². The average molecular weight is 1790 g/mol. The Balaban J connectivity index is 0.000000118.